The van der Waals surface area contributed by atoms with Crippen LogP contribution in [0.4, 0.5) is 4.39 Å². The van der Waals surface area contributed by atoms with Gasteiger partial charge < -0.3 is 4.42 Å². The van der Waals surface area contributed by atoms with E-state index in [-0.39, 0.29) is 11.7 Å². The van der Waals surface area contributed by atoms with Gasteiger partial charge in [-0.05, 0) is 48.0 Å². The molecule has 5 nitrogen and oxygen atoms in total. The Morgan fingerprint density at radius 2 is 1.89 bits per heavy atom. The summed E-state index contributed by atoms with van der Waals surface area (Å²) in [5, 5.41) is 0.888. The van der Waals surface area contributed by atoms with Gasteiger partial charge in [0.05, 0.1) is 11.7 Å². The van der Waals surface area contributed by atoms with E-state index in [2.05, 4.69) is 9.97 Å². The number of halogens is 1. The van der Waals surface area contributed by atoms with Crippen LogP contribution in [0.5, 0.6) is 0 Å². The van der Waals surface area contributed by atoms with Crippen LogP contribution >= 0.6 is 0 Å². The predicted molar refractivity (Wildman–Crippen MR) is 98.9 cm³/mol. The van der Waals surface area contributed by atoms with Gasteiger partial charge in [0.2, 0.25) is 0 Å². The largest absolute Gasteiger partial charge is 0.443 e. The average molecular weight is 357 g/mol. The molecule has 3 aromatic heterocycles. The summed E-state index contributed by atoms with van der Waals surface area (Å²) in [5.74, 6) is -0.620. The number of carbonyl (C=O) groups is 1. The van der Waals surface area contributed by atoms with Crippen molar-refractivity contribution in [3.63, 3.8) is 0 Å². The van der Waals surface area contributed by atoms with Crippen molar-refractivity contribution in [1.29, 1.82) is 0 Å². The second-order valence-corrected chi connectivity index (χ2v) is 6.15. The fourth-order valence-corrected chi connectivity index (χ4v) is 3.22. The molecule has 0 aliphatic heterocycles. The number of pyridine rings is 1. The minimum absolute atomic E-state index is 0.241. The highest BCUT2D eigenvalue weighted by molar-refractivity contribution is 6.05. The van der Waals surface area contributed by atoms with Crippen molar-refractivity contribution in [1.82, 2.24) is 14.5 Å². The lowest BCUT2D eigenvalue weighted by atomic mass is 10.0. The van der Waals surface area contributed by atoms with Crippen molar-refractivity contribution in [2.45, 2.75) is 0 Å². The molecule has 0 atom stereocenters. The fraction of sp³-hybridized carbons (Fsp3) is 0. The summed E-state index contributed by atoms with van der Waals surface area (Å²) in [6.07, 6.45) is 6.51. The summed E-state index contributed by atoms with van der Waals surface area (Å²) in [5.41, 5.74) is 4.36. The van der Waals surface area contributed by atoms with Crippen LogP contribution in [-0.2, 0) is 0 Å². The van der Waals surface area contributed by atoms with Gasteiger partial charge in [0, 0.05) is 28.9 Å². The molecule has 0 saturated carbocycles. The van der Waals surface area contributed by atoms with E-state index in [1.165, 1.54) is 35.2 Å². The summed E-state index contributed by atoms with van der Waals surface area (Å²) in [4.78, 5) is 21.2. The first-order valence-corrected chi connectivity index (χ1v) is 8.30. The van der Waals surface area contributed by atoms with Crippen LogP contribution in [0.1, 0.15) is 10.4 Å². The van der Waals surface area contributed by atoms with Gasteiger partial charge in [-0.3, -0.25) is 14.3 Å². The summed E-state index contributed by atoms with van der Waals surface area (Å²) < 4.78 is 20.0. The van der Waals surface area contributed by atoms with Crippen LogP contribution in [0.25, 0.3) is 33.1 Å². The van der Waals surface area contributed by atoms with Gasteiger partial charge in [-0.25, -0.2) is 9.37 Å². The molecule has 0 N–H and O–H groups in total. The van der Waals surface area contributed by atoms with Crippen LogP contribution in [0, 0.1) is 5.82 Å². The van der Waals surface area contributed by atoms with Crippen LogP contribution < -0.4 is 0 Å². The smallest absolute Gasteiger partial charge is 0.262 e. The molecule has 27 heavy (non-hydrogen) atoms. The number of nitrogens with zero attached hydrogens (tertiary/aromatic N) is 3. The molecule has 0 amide bonds. The molecular formula is C21H12FN3O2. The van der Waals surface area contributed by atoms with Gasteiger partial charge in [-0.2, -0.15) is 0 Å². The zero-order chi connectivity index (χ0) is 18.4. The lowest BCUT2D eigenvalue weighted by Gasteiger charge is -2.06. The van der Waals surface area contributed by atoms with Gasteiger partial charge >= 0.3 is 0 Å². The number of rotatable bonds is 2. The molecular weight excluding hydrogens is 345 g/mol. The highest BCUT2D eigenvalue weighted by Gasteiger charge is 2.15. The van der Waals surface area contributed by atoms with Crippen LogP contribution in [-0.4, -0.2) is 20.4 Å². The van der Waals surface area contributed by atoms with Crippen molar-refractivity contribution < 1.29 is 13.6 Å². The first-order chi connectivity index (χ1) is 13.2. The minimum atomic E-state index is -0.379. The Morgan fingerprint density at radius 3 is 2.74 bits per heavy atom. The van der Waals surface area contributed by atoms with Crippen molar-refractivity contribution >= 4 is 27.9 Å². The molecule has 0 aliphatic rings. The number of fused-ring (bicyclic) bond motifs is 2. The molecule has 0 radical (unpaired) electrons. The Kier molecular flexibility index (Phi) is 3.36. The highest BCUT2D eigenvalue weighted by Crippen LogP contribution is 2.30. The molecule has 130 valence electrons. The Bertz CT molecular complexity index is 1300. The maximum absolute atomic E-state index is 13.1. The molecule has 0 bridgehead atoms. The Balaban J connectivity index is 1.64. The van der Waals surface area contributed by atoms with E-state index in [0.717, 1.165) is 22.0 Å². The minimum Gasteiger partial charge on any atom is -0.443 e. The molecule has 5 aromatic rings. The standard InChI is InChI=1S/C21H12FN3O2/c22-15-4-1-13(2-5-15)21(26)25-8-7-16-17(10-23-11-19(16)25)14-3-6-18-20(9-14)27-12-24-18/h1-12H. The van der Waals surface area contributed by atoms with Gasteiger partial charge in [0.25, 0.3) is 5.91 Å². The highest BCUT2D eigenvalue weighted by atomic mass is 19.1. The molecule has 5 rings (SSSR count). The number of hydrogen-bond donors (Lipinski definition) is 0. The number of aromatic nitrogens is 3. The predicted octanol–water partition coefficient (Wildman–Crippen LogP) is 4.67. The summed E-state index contributed by atoms with van der Waals surface area (Å²) in [6, 6.07) is 13.1. The SMILES string of the molecule is O=C(c1ccc(F)cc1)n1ccc2c(-c3ccc4ncoc4c3)cncc21. The van der Waals surface area contributed by atoms with E-state index in [1.54, 1.807) is 18.6 Å². The summed E-state index contributed by atoms with van der Waals surface area (Å²) in [6.45, 7) is 0. The monoisotopic (exact) mass is 357 g/mol. The van der Waals surface area contributed by atoms with E-state index in [9.17, 15) is 9.18 Å². The summed E-state index contributed by atoms with van der Waals surface area (Å²) >= 11 is 0. The zero-order valence-electron chi connectivity index (χ0n) is 14.0. The molecule has 0 aliphatic carbocycles. The third-order valence-corrected chi connectivity index (χ3v) is 4.57. The third kappa shape index (κ3) is 2.50. The second kappa shape index (κ2) is 5.88. The first kappa shape index (κ1) is 15.5. The van der Waals surface area contributed by atoms with Crippen molar-refractivity contribution in [3.05, 3.63) is 84.9 Å². The Morgan fingerprint density at radius 1 is 1.04 bits per heavy atom. The van der Waals surface area contributed by atoms with E-state index < -0.39 is 0 Å². The van der Waals surface area contributed by atoms with Gasteiger partial charge in [0.15, 0.2) is 12.0 Å². The van der Waals surface area contributed by atoms with Crippen LogP contribution in [0.2, 0.25) is 0 Å². The third-order valence-electron chi connectivity index (χ3n) is 4.57. The lowest BCUT2D eigenvalue weighted by molar-refractivity contribution is 0.0965. The normalized spacial score (nSPS) is 11.3. The molecule has 0 spiro atoms. The Labute approximate surface area is 152 Å². The number of oxazole rings is 1. The first-order valence-electron chi connectivity index (χ1n) is 8.30. The number of benzene rings is 2. The molecule has 2 aromatic carbocycles. The summed E-state index contributed by atoms with van der Waals surface area (Å²) in [7, 11) is 0. The number of hydrogen-bond acceptors (Lipinski definition) is 4. The topological polar surface area (TPSA) is 60.9 Å². The van der Waals surface area contributed by atoms with E-state index in [0.29, 0.717) is 16.7 Å². The maximum atomic E-state index is 13.1. The fourth-order valence-electron chi connectivity index (χ4n) is 3.22. The molecule has 3 heterocycles. The molecule has 0 unspecified atom stereocenters. The maximum Gasteiger partial charge on any atom is 0.262 e. The van der Waals surface area contributed by atoms with Crippen molar-refractivity contribution in [2.24, 2.45) is 0 Å². The van der Waals surface area contributed by atoms with E-state index in [4.69, 9.17) is 4.42 Å². The average Bonchev–Trinajstić information content (AvgIpc) is 3.34. The quantitative estimate of drug-likeness (QED) is 0.460. The van der Waals surface area contributed by atoms with Crippen molar-refractivity contribution in [3.8, 4) is 11.1 Å². The van der Waals surface area contributed by atoms with Gasteiger partial charge in [-0.1, -0.05) is 6.07 Å². The zero-order valence-corrected chi connectivity index (χ0v) is 14.0. The number of carbonyl (C=O) groups excluding carboxylic acids is 1. The van der Waals surface area contributed by atoms with Crippen LogP contribution in [0.3, 0.4) is 0 Å². The van der Waals surface area contributed by atoms with E-state index in [1.807, 2.05) is 24.3 Å². The van der Waals surface area contributed by atoms with Crippen LogP contribution in [0.15, 0.2) is 77.9 Å². The molecule has 0 fully saturated rings. The molecule has 6 heteroatoms. The Hall–Kier alpha value is -3.80. The lowest BCUT2D eigenvalue weighted by Crippen LogP contribution is -2.10. The van der Waals surface area contributed by atoms with Crippen molar-refractivity contribution in [2.75, 3.05) is 0 Å². The van der Waals surface area contributed by atoms with Gasteiger partial charge in [-0.15, -0.1) is 0 Å². The second-order valence-electron chi connectivity index (χ2n) is 6.15. The van der Waals surface area contributed by atoms with Gasteiger partial charge in [0.1, 0.15) is 11.3 Å². The van der Waals surface area contributed by atoms with E-state index >= 15 is 0 Å². The molecule has 0 saturated heterocycles.